The van der Waals surface area contributed by atoms with Crippen molar-refractivity contribution in [3.8, 4) is 9.88 Å². The summed E-state index contributed by atoms with van der Waals surface area (Å²) >= 11 is 3.04. The Morgan fingerprint density at radius 3 is 2.52 bits per heavy atom. The fourth-order valence-corrected chi connectivity index (χ4v) is 3.90. The van der Waals surface area contributed by atoms with Gasteiger partial charge in [0.15, 0.2) is 0 Å². The van der Waals surface area contributed by atoms with Crippen molar-refractivity contribution >= 4 is 40.5 Å². The van der Waals surface area contributed by atoms with Crippen molar-refractivity contribution in [1.29, 1.82) is 0 Å². The Kier molecular flexibility index (Phi) is 4.27. The zero-order chi connectivity index (χ0) is 16.6. The molecule has 0 aliphatic carbocycles. The summed E-state index contributed by atoms with van der Waals surface area (Å²) in [4.78, 5) is 43.7. The van der Waals surface area contributed by atoms with Gasteiger partial charge in [-0.05, 0) is 17.4 Å². The molecule has 3 heterocycles. The second kappa shape index (κ2) is 6.21. The molecule has 0 unspecified atom stereocenters. The van der Waals surface area contributed by atoms with E-state index in [1.54, 1.807) is 11.3 Å². The highest BCUT2D eigenvalue weighted by atomic mass is 32.1. The summed E-state index contributed by atoms with van der Waals surface area (Å²) in [5.41, 5.74) is 0.610. The van der Waals surface area contributed by atoms with Crippen molar-refractivity contribution in [1.82, 2.24) is 14.8 Å². The first-order valence-corrected chi connectivity index (χ1v) is 8.89. The average Bonchev–Trinajstić information content (AvgIpc) is 3.21. The van der Waals surface area contributed by atoms with E-state index in [0.717, 1.165) is 19.7 Å². The van der Waals surface area contributed by atoms with Crippen LogP contribution in [0.5, 0.6) is 0 Å². The molecule has 1 aliphatic heterocycles. The first-order valence-electron chi connectivity index (χ1n) is 7.13. The molecule has 0 atom stereocenters. The Morgan fingerprint density at radius 2 is 1.87 bits per heavy atom. The molecule has 1 fully saturated rings. The topological polar surface area (TPSA) is 70.6 Å². The van der Waals surface area contributed by atoms with Gasteiger partial charge in [0.1, 0.15) is 5.01 Å². The van der Waals surface area contributed by atoms with Crippen molar-refractivity contribution in [3.05, 3.63) is 28.6 Å². The van der Waals surface area contributed by atoms with Crippen molar-refractivity contribution in [2.45, 2.75) is 20.4 Å². The molecule has 6 nitrogen and oxygen atoms in total. The molecule has 0 N–H and O–H groups in total. The van der Waals surface area contributed by atoms with E-state index in [1.807, 2.05) is 36.7 Å². The number of thiophene rings is 1. The molecule has 2 aromatic heterocycles. The third kappa shape index (κ3) is 3.04. The summed E-state index contributed by atoms with van der Waals surface area (Å²) in [6.45, 7) is 4.06. The quantitative estimate of drug-likeness (QED) is 0.615. The molecule has 23 heavy (non-hydrogen) atoms. The lowest BCUT2D eigenvalue weighted by Crippen LogP contribution is -2.35. The molecular weight excluding hydrogens is 334 g/mol. The molecule has 1 saturated heterocycles. The summed E-state index contributed by atoms with van der Waals surface area (Å²) in [5, 5.41) is 4.62. The number of amides is 4. The van der Waals surface area contributed by atoms with Gasteiger partial charge in [-0.2, -0.15) is 0 Å². The van der Waals surface area contributed by atoms with Gasteiger partial charge in [-0.3, -0.25) is 14.5 Å². The summed E-state index contributed by atoms with van der Waals surface area (Å²) in [6, 6.07) is 3.35. The number of rotatable bonds is 5. The van der Waals surface area contributed by atoms with Crippen LogP contribution in [0.4, 0.5) is 4.79 Å². The highest BCUT2D eigenvalue weighted by molar-refractivity contribution is 7.20. The molecule has 8 heteroatoms. The summed E-state index contributed by atoms with van der Waals surface area (Å²) in [6.07, 6.45) is 0. The number of hydrogen-bond donors (Lipinski definition) is 0. The minimum absolute atomic E-state index is 0.0277. The molecular formula is C15H15N3O3S2. The number of imide groups is 2. The van der Waals surface area contributed by atoms with Crippen LogP contribution < -0.4 is 0 Å². The van der Waals surface area contributed by atoms with Gasteiger partial charge in [0, 0.05) is 11.9 Å². The van der Waals surface area contributed by atoms with Gasteiger partial charge in [-0.25, -0.2) is 14.7 Å². The van der Waals surface area contributed by atoms with Gasteiger partial charge in [-0.15, -0.1) is 22.7 Å². The maximum absolute atomic E-state index is 12.3. The molecule has 0 aromatic carbocycles. The largest absolute Gasteiger partial charge is 0.334 e. The normalized spacial score (nSPS) is 15.3. The van der Waals surface area contributed by atoms with E-state index < -0.39 is 17.8 Å². The zero-order valence-corrected chi connectivity index (χ0v) is 14.3. The molecule has 0 saturated carbocycles. The number of hydrogen-bond acceptors (Lipinski definition) is 6. The number of carbonyl (C=O) groups excluding carboxylic acids is 3. The SMILES string of the molecule is CC(C)CN1C(=O)C(=O)N(Cc2csc(-c3cccs3)n2)C1=O. The van der Waals surface area contributed by atoms with Crippen LogP contribution in [0.15, 0.2) is 22.9 Å². The van der Waals surface area contributed by atoms with E-state index in [4.69, 9.17) is 0 Å². The molecule has 1 aliphatic rings. The molecule has 0 radical (unpaired) electrons. The standard InChI is InChI=1S/C15H15N3O3S2/c1-9(2)6-17-13(19)14(20)18(15(17)21)7-10-8-23-12(16-10)11-4-3-5-22-11/h3-5,8-9H,6-7H2,1-2H3. The minimum atomic E-state index is -0.777. The predicted molar refractivity (Wildman–Crippen MR) is 87.9 cm³/mol. The zero-order valence-electron chi connectivity index (χ0n) is 12.7. The highest BCUT2D eigenvalue weighted by Crippen LogP contribution is 2.28. The lowest BCUT2D eigenvalue weighted by atomic mass is 10.2. The van der Waals surface area contributed by atoms with Crippen LogP contribution in [0, 0.1) is 5.92 Å². The monoisotopic (exact) mass is 349 g/mol. The van der Waals surface area contributed by atoms with Crippen LogP contribution in [-0.4, -0.2) is 39.2 Å². The maximum atomic E-state index is 12.3. The summed E-state index contributed by atoms with van der Waals surface area (Å²) in [5.74, 6) is -1.42. The number of carbonyl (C=O) groups is 3. The van der Waals surface area contributed by atoms with Crippen LogP contribution in [0.25, 0.3) is 9.88 Å². The molecule has 3 rings (SSSR count). The van der Waals surface area contributed by atoms with Gasteiger partial charge in [0.05, 0.1) is 17.1 Å². The van der Waals surface area contributed by atoms with Crippen LogP contribution in [0.1, 0.15) is 19.5 Å². The third-order valence-corrected chi connectivity index (χ3v) is 5.22. The predicted octanol–water partition coefficient (Wildman–Crippen LogP) is 2.82. The van der Waals surface area contributed by atoms with E-state index in [0.29, 0.717) is 5.69 Å². The molecule has 2 aromatic rings. The Hall–Kier alpha value is -2.06. The van der Waals surface area contributed by atoms with Crippen molar-refractivity contribution in [2.75, 3.05) is 6.54 Å². The summed E-state index contributed by atoms with van der Waals surface area (Å²) in [7, 11) is 0. The van der Waals surface area contributed by atoms with Crippen molar-refractivity contribution < 1.29 is 14.4 Å². The molecule has 0 bridgehead atoms. The van der Waals surface area contributed by atoms with Gasteiger partial charge >= 0.3 is 17.8 Å². The van der Waals surface area contributed by atoms with Gasteiger partial charge in [0.2, 0.25) is 0 Å². The number of aromatic nitrogens is 1. The number of nitrogens with zero attached hydrogens (tertiary/aromatic N) is 3. The van der Waals surface area contributed by atoms with Crippen LogP contribution in [-0.2, 0) is 16.1 Å². The van der Waals surface area contributed by atoms with E-state index in [9.17, 15) is 14.4 Å². The lowest BCUT2D eigenvalue weighted by molar-refractivity contribution is -0.143. The second-order valence-electron chi connectivity index (χ2n) is 5.60. The van der Waals surface area contributed by atoms with Crippen LogP contribution in [0.2, 0.25) is 0 Å². The van der Waals surface area contributed by atoms with Gasteiger partial charge in [-0.1, -0.05) is 19.9 Å². The van der Waals surface area contributed by atoms with Crippen molar-refractivity contribution in [2.24, 2.45) is 5.92 Å². The van der Waals surface area contributed by atoms with Crippen LogP contribution >= 0.6 is 22.7 Å². The summed E-state index contributed by atoms with van der Waals surface area (Å²) < 4.78 is 0. The average molecular weight is 349 g/mol. The third-order valence-electron chi connectivity index (χ3n) is 3.29. The fourth-order valence-electron chi connectivity index (χ4n) is 2.27. The molecule has 0 spiro atoms. The van der Waals surface area contributed by atoms with Gasteiger partial charge in [0.25, 0.3) is 0 Å². The number of urea groups is 1. The van der Waals surface area contributed by atoms with E-state index in [1.165, 1.54) is 11.3 Å². The fraction of sp³-hybridized carbons (Fsp3) is 0.333. The molecule has 4 amide bonds. The Morgan fingerprint density at radius 1 is 1.13 bits per heavy atom. The smallest absolute Gasteiger partial charge is 0.263 e. The lowest BCUT2D eigenvalue weighted by Gasteiger charge is -2.16. The van der Waals surface area contributed by atoms with Crippen LogP contribution in [0.3, 0.4) is 0 Å². The number of thiazole rings is 1. The van der Waals surface area contributed by atoms with Gasteiger partial charge < -0.3 is 0 Å². The second-order valence-corrected chi connectivity index (χ2v) is 7.41. The van der Waals surface area contributed by atoms with E-state index in [-0.39, 0.29) is 19.0 Å². The first-order chi connectivity index (χ1) is 11.0. The molecule has 120 valence electrons. The maximum Gasteiger partial charge on any atom is 0.334 e. The van der Waals surface area contributed by atoms with Crippen molar-refractivity contribution in [3.63, 3.8) is 0 Å². The van der Waals surface area contributed by atoms with E-state index >= 15 is 0 Å². The minimum Gasteiger partial charge on any atom is -0.263 e. The van der Waals surface area contributed by atoms with E-state index in [2.05, 4.69) is 4.98 Å². The first kappa shape index (κ1) is 15.8. The Balaban J connectivity index is 1.76. The highest BCUT2D eigenvalue weighted by Gasteiger charge is 2.44. The Labute approximate surface area is 141 Å². The Bertz CT molecular complexity index is 752.